The average Bonchev–Trinajstić information content (AvgIpc) is 3.49. The molecule has 0 radical (unpaired) electrons. The molecule has 0 fully saturated rings. The third-order valence-electron chi connectivity index (χ3n) is 7.23. The number of benzene rings is 5. The molecular formula is C33H20N2O. The summed E-state index contributed by atoms with van der Waals surface area (Å²) in [7, 11) is 0. The number of para-hydroxylation sites is 3. The van der Waals surface area contributed by atoms with Crippen molar-refractivity contribution in [1.29, 1.82) is 0 Å². The van der Waals surface area contributed by atoms with Gasteiger partial charge in [0.15, 0.2) is 0 Å². The van der Waals surface area contributed by atoms with Crippen molar-refractivity contribution in [3.63, 3.8) is 0 Å². The van der Waals surface area contributed by atoms with Crippen LogP contribution in [0.1, 0.15) is 0 Å². The summed E-state index contributed by atoms with van der Waals surface area (Å²) in [4.78, 5) is 4.96. The first-order valence-corrected chi connectivity index (χ1v) is 12.1. The highest BCUT2D eigenvalue weighted by atomic mass is 16.3. The molecule has 5 aromatic carbocycles. The van der Waals surface area contributed by atoms with Crippen molar-refractivity contribution in [2.75, 3.05) is 0 Å². The maximum absolute atomic E-state index is 6.33. The highest BCUT2D eigenvalue weighted by Gasteiger charge is 2.18. The van der Waals surface area contributed by atoms with Gasteiger partial charge in [-0.3, -0.25) is 4.98 Å². The molecule has 3 heteroatoms. The van der Waals surface area contributed by atoms with Crippen LogP contribution in [0.25, 0.3) is 71.5 Å². The molecule has 0 bridgehead atoms. The van der Waals surface area contributed by atoms with E-state index in [-0.39, 0.29) is 0 Å². The van der Waals surface area contributed by atoms with Gasteiger partial charge in [0.1, 0.15) is 11.2 Å². The Morgan fingerprint density at radius 3 is 2.28 bits per heavy atom. The van der Waals surface area contributed by atoms with Crippen LogP contribution < -0.4 is 0 Å². The Hall–Kier alpha value is -4.89. The van der Waals surface area contributed by atoms with E-state index in [1.165, 1.54) is 21.7 Å². The standard InChI is InChI=1S/C33H20N2O/c1-2-10-22(11-3-1)35-30-19-29(27-15-8-14-26-24-13-6-7-16-31(24)36-33(26)27)34-20-28(30)25-18-17-21-9-4-5-12-23(21)32(25)35/h1-20H. The zero-order valence-corrected chi connectivity index (χ0v) is 19.3. The van der Waals surface area contributed by atoms with E-state index in [2.05, 4.69) is 108 Å². The van der Waals surface area contributed by atoms with E-state index in [1.807, 2.05) is 18.3 Å². The van der Waals surface area contributed by atoms with Crippen molar-refractivity contribution in [2.45, 2.75) is 0 Å². The molecular weight excluding hydrogens is 440 g/mol. The Labute approximate surface area is 206 Å². The SMILES string of the molecule is c1ccc(-n2c3cc(-c4cccc5c4oc4ccccc45)ncc3c3ccc4ccccc4c32)cc1. The predicted octanol–water partition coefficient (Wildman–Crippen LogP) is 8.90. The van der Waals surface area contributed by atoms with E-state index in [1.54, 1.807) is 0 Å². The van der Waals surface area contributed by atoms with Crippen molar-refractivity contribution < 1.29 is 4.42 Å². The van der Waals surface area contributed by atoms with Crippen molar-refractivity contribution in [3.8, 4) is 16.9 Å². The molecule has 0 amide bonds. The second-order valence-electron chi connectivity index (χ2n) is 9.22. The molecule has 8 aromatic rings. The van der Waals surface area contributed by atoms with Gasteiger partial charge >= 0.3 is 0 Å². The summed E-state index contributed by atoms with van der Waals surface area (Å²) in [5, 5.41) is 7.04. The van der Waals surface area contributed by atoms with Gasteiger partial charge in [0, 0.05) is 44.4 Å². The molecule has 8 rings (SSSR count). The maximum Gasteiger partial charge on any atom is 0.144 e. The molecule has 0 unspecified atom stereocenters. The minimum Gasteiger partial charge on any atom is -0.455 e. The van der Waals surface area contributed by atoms with E-state index in [9.17, 15) is 0 Å². The van der Waals surface area contributed by atoms with Crippen LogP contribution in [-0.2, 0) is 0 Å². The van der Waals surface area contributed by atoms with Crippen LogP contribution >= 0.6 is 0 Å². The van der Waals surface area contributed by atoms with Gasteiger partial charge in [0.25, 0.3) is 0 Å². The molecule has 36 heavy (non-hydrogen) atoms. The Morgan fingerprint density at radius 1 is 0.583 bits per heavy atom. The zero-order chi connectivity index (χ0) is 23.6. The predicted molar refractivity (Wildman–Crippen MR) is 149 cm³/mol. The Bertz CT molecular complexity index is 2100. The molecule has 3 aromatic heterocycles. The number of furan rings is 1. The Morgan fingerprint density at radius 2 is 1.36 bits per heavy atom. The first-order valence-electron chi connectivity index (χ1n) is 12.1. The second kappa shape index (κ2) is 7.30. The van der Waals surface area contributed by atoms with Crippen molar-refractivity contribution in [2.24, 2.45) is 0 Å². The number of fused-ring (bicyclic) bond motifs is 8. The van der Waals surface area contributed by atoms with Gasteiger partial charge in [-0.1, -0.05) is 84.9 Å². The smallest absolute Gasteiger partial charge is 0.144 e. The molecule has 0 spiro atoms. The molecule has 0 aliphatic carbocycles. The topological polar surface area (TPSA) is 31.0 Å². The first kappa shape index (κ1) is 19.4. The molecule has 168 valence electrons. The number of hydrogen-bond donors (Lipinski definition) is 0. The zero-order valence-electron chi connectivity index (χ0n) is 19.3. The fourth-order valence-electron chi connectivity index (χ4n) is 5.61. The lowest BCUT2D eigenvalue weighted by Gasteiger charge is -2.10. The highest BCUT2D eigenvalue weighted by molar-refractivity contribution is 6.19. The normalized spacial score (nSPS) is 11.9. The summed E-state index contributed by atoms with van der Waals surface area (Å²) >= 11 is 0. The highest BCUT2D eigenvalue weighted by Crippen LogP contribution is 2.39. The van der Waals surface area contributed by atoms with E-state index in [0.29, 0.717) is 0 Å². The number of nitrogens with zero attached hydrogens (tertiary/aromatic N) is 2. The fourth-order valence-corrected chi connectivity index (χ4v) is 5.61. The summed E-state index contributed by atoms with van der Waals surface area (Å²) in [6.07, 6.45) is 2.02. The van der Waals surface area contributed by atoms with Crippen molar-refractivity contribution in [3.05, 3.63) is 121 Å². The minimum absolute atomic E-state index is 0.873. The van der Waals surface area contributed by atoms with Crippen LogP contribution in [0.4, 0.5) is 0 Å². The van der Waals surface area contributed by atoms with Gasteiger partial charge in [-0.2, -0.15) is 0 Å². The number of rotatable bonds is 2. The van der Waals surface area contributed by atoms with Gasteiger partial charge in [-0.25, -0.2) is 0 Å². The van der Waals surface area contributed by atoms with Gasteiger partial charge < -0.3 is 8.98 Å². The van der Waals surface area contributed by atoms with Gasteiger partial charge in [0.2, 0.25) is 0 Å². The van der Waals surface area contributed by atoms with Crippen LogP contribution in [0.15, 0.2) is 126 Å². The van der Waals surface area contributed by atoms with E-state index < -0.39 is 0 Å². The summed E-state index contributed by atoms with van der Waals surface area (Å²) in [5.41, 5.74) is 7.13. The summed E-state index contributed by atoms with van der Waals surface area (Å²) < 4.78 is 8.71. The molecule has 0 aliphatic rings. The molecule has 0 N–H and O–H groups in total. The fraction of sp³-hybridized carbons (Fsp3) is 0. The van der Waals surface area contributed by atoms with Crippen LogP contribution in [-0.4, -0.2) is 9.55 Å². The first-order chi connectivity index (χ1) is 17.9. The minimum atomic E-state index is 0.873. The molecule has 0 saturated carbocycles. The third kappa shape index (κ3) is 2.65. The summed E-state index contributed by atoms with van der Waals surface area (Å²) in [5.74, 6) is 0. The second-order valence-corrected chi connectivity index (χ2v) is 9.22. The van der Waals surface area contributed by atoms with Gasteiger partial charge in [-0.05, 0) is 35.7 Å². The Balaban J connectivity index is 1.50. The van der Waals surface area contributed by atoms with Crippen molar-refractivity contribution >= 4 is 54.5 Å². The van der Waals surface area contributed by atoms with Crippen LogP contribution in [0.2, 0.25) is 0 Å². The number of pyridine rings is 1. The average molecular weight is 461 g/mol. The van der Waals surface area contributed by atoms with Crippen molar-refractivity contribution in [1.82, 2.24) is 9.55 Å². The lowest BCUT2D eigenvalue weighted by Crippen LogP contribution is -1.95. The summed E-state index contributed by atoms with van der Waals surface area (Å²) in [6.45, 7) is 0. The lowest BCUT2D eigenvalue weighted by molar-refractivity contribution is 0.670. The quantitative estimate of drug-likeness (QED) is 0.258. The molecule has 0 atom stereocenters. The molecule has 0 aliphatic heterocycles. The number of hydrogen-bond acceptors (Lipinski definition) is 2. The van der Waals surface area contributed by atoms with E-state index in [0.717, 1.165) is 49.8 Å². The Kier molecular flexibility index (Phi) is 3.94. The van der Waals surface area contributed by atoms with Crippen LogP contribution in [0.3, 0.4) is 0 Å². The van der Waals surface area contributed by atoms with Gasteiger partial charge in [0.05, 0.1) is 16.7 Å². The maximum atomic E-state index is 6.33. The molecule has 3 nitrogen and oxygen atoms in total. The lowest BCUT2D eigenvalue weighted by atomic mass is 10.0. The van der Waals surface area contributed by atoms with E-state index in [4.69, 9.17) is 9.40 Å². The molecule has 3 heterocycles. The monoisotopic (exact) mass is 460 g/mol. The third-order valence-corrected chi connectivity index (χ3v) is 7.23. The largest absolute Gasteiger partial charge is 0.455 e. The van der Waals surface area contributed by atoms with E-state index >= 15 is 0 Å². The van der Waals surface area contributed by atoms with Gasteiger partial charge in [-0.15, -0.1) is 0 Å². The molecule has 0 saturated heterocycles. The number of aromatic nitrogens is 2. The van der Waals surface area contributed by atoms with Crippen LogP contribution in [0, 0.1) is 0 Å². The van der Waals surface area contributed by atoms with Crippen LogP contribution in [0.5, 0.6) is 0 Å². The summed E-state index contributed by atoms with van der Waals surface area (Å²) in [6, 6.07) is 40.3.